The molecule has 18 aromatic rings. The van der Waals surface area contributed by atoms with Gasteiger partial charge in [-0.1, -0.05) is 291 Å². The molecule has 0 spiro atoms. The maximum atomic E-state index is 6.33. The molecular formula is C96H66N2O2. The fourth-order valence-electron chi connectivity index (χ4n) is 13.8. The molecule has 0 unspecified atom stereocenters. The minimum absolute atomic E-state index is 0.873. The average Bonchev–Trinajstić information content (AvgIpc) is 1.52. The molecule has 0 aliphatic rings. The zero-order chi connectivity index (χ0) is 66.6. The van der Waals surface area contributed by atoms with Crippen LogP contribution in [0.5, 0.6) is 0 Å². The van der Waals surface area contributed by atoms with E-state index in [1.165, 1.54) is 89.0 Å². The van der Waals surface area contributed by atoms with Crippen molar-refractivity contribution in [3.8, 4) is 89.0 Å². The predicted molar refractivity (Wildman–Crippen MR) is 420 cm³/mol. The molecule has 472 valence electrons. The Morgan fingerprint density at radius 1 is 0.130 bits per heavy atom. The number of fused-ring (bicyclic) bond motifs is 6. The van der Waals surface area contributed by atoms with Gasteiger partial charge < -0.3 is 18.6 Å². The second-order valence-corrected chi connectivity index (χ2v) is 25.2. The molecule has 0 saturated carbocycles. The van der Waals surface area contributed by atoms with Crippen molar-refractivity contribution >= 4 is 78.0 Å². The molecule has 0 N–H and O–H groups in total. The quantitative estimate of drug-likeness (QED) is 0.109. The van der Waals surface area contributed by atoms with E-state index in [4.69, 9.17) is 8.83 Å². The van der Waals surface area contributed by atoms with Crippen LogP contribution in [0.1, 0.15) is 0 Å². The monoisotopic (exact) mass is 1280 g/mol. The highest BCUT2D eigenvalue weighted by atomic mass is 16.3. The van der Waals surface area contributed by atoms with Crippen LogP contribution in [0.3, 0.4) is 0 Å². The van der Waals surface area contributed by atoms with Gasteiger partial charge in [-0.15, -0.1) is 0 Å². The summed E-state index contributed by atoms with van der Waals surface area (Å²) in [7, 11) is 0. The van der Waals surface area contributed by atoms with E-state index in [-0.39, 0.29) is 0 Å². The summed E-state index contributed by atoms with van der Waals surface area (Å²) in [5.41, 5.74) is 29.1. The highest BCUT2D eigenvalue weighted by Crippen LogP contribution is 2.44. The van der Waals surface area contributed by atoms with Gasteiger partial charge in [0.15, 0.2) is 0 Å². The van der Waals surface area contributed by atoms with Crippen LogP contribution in [-0.2, 0) is 0 Å². The van der Waals surface area contributed by atoms with Crippen LogP contribution < -0.4 is 9.80 Å². The molecular weight excluding hydrogens is 1210 g/mol. The first-order valence-corrected chi connectivity index (χ1v) is 34.0. The Morgan fingerprint density at radius 2 is 0.350 bits per heavy atom. The zero-order valence-electron chi connectivity index (χ0n) is 54.8. The van der Waals surface area contributed by atoms with Gasteiger partial charge in [-0.2, -0.15) is 0 Å². The number of hydrogen-bond donors (Lipinski definition) is 0. The first-order valence-electron chi connectivity index (χ1n) is 34.0. The molecule has 0 saturated heterocycles. The summed E-state index contributed by atoms with van der Waals surface area (Å²) >= 11 is 0. The molecule has 2 aromatic heterocycles. The van der Waals surface area contributed by atoms with E-state index in [1.807, 2.05) is 24.3 Å². The SMILES string of the molecule is c1ccc(-c2ccc(-c3cccc(-c4ccc(N(c5cccc(-c6ccccc6)c5)c5ccc6c(c5)oc5ccccc56)cc4)c3)cc2)cc1.c1ccc(-c2cccc(-c3ccc(-c4ccc(N(c5cccc(-c6ccccc6)c5)c5ccc6c(c5)oc5ccccc56)cc4)cc3)c2)cc1. The molecule has 0 fully saturated rings. The van der Waals surface area contributed by atoms with Crippen molar-refractivity contribution in [1.29, 1.82) is 0 Å². The van der Waals surface area contributed by atoms with Gasteiger partial charge in [0.2, 0.25) is 0 Å². The largest absolute Gasteiger partial charge is 0.456 e. The van der Waals surface area contributed by atoms with E-state index in [9.17, 15) is 0 Å². The Bertz CT molecular complexity index is 5870. The average molecular weight is 1280 g/mol. The summed E-state index contributed by atoms with van der Waals surface area (Å²) in [4.78, 5) is 4.62. The lowest BCUT2D eigenvalue weighted by Gasteiger charge is -2.26. The third-order valence-electron chi connectivity index (χ3n) is 19.0. The molecule has 16 aromatic carbocycles. The third-order valence-corrected chi connectivity index (χ3v) is 19.0. The van der Waals surface area contributed by atoms with Crippen LogP contribution in [0, 0.1) is 0 Å². The van der Waals surface area contributed by atoms with Crippen molar-refractivity contribution in [1.82, 2.24) is 0 Å². The van der Waals surface area contributed by atoms with Crippen molar-refractivity contribution < 1.29 is 8.83 Å². The van der Waals surface area contributed by atoms with Crippen molar-refractivity contribution in [2.45, 2.75) is 0 Å². The summed E-state index contributed by atoms with van der Waals surface area (Å²) in [6.45, 7) is 0. The number of benzene rings is 16. The molecule has 100 heavy (non-hydrogen) atoms. The predicted octanol–water partition coefficient (Wildman–Crippen LogP) is 27.4. The Labute approximate surface area is 582 Å². The number of nitrogens with zero attached hydrogens (tertiary/aromatic N) is 2. The van der Waals surface area contributed by atoms with Crippen LogP contribution in [-0.4, -0.2) is 0 Å². The second-order valence-electron chi connectivity index (χ2n) is 25.2. The van der Waals surface area contributed by atoms with E-state index >= 15 is 0 Å². The zero-order valence-corrected chi connectivity index (χ0v) is 54.8. The van der Waals surface area contributed by atoms with Crippen molar-refractivity contribution in [2.24, 2.45) is 0 Å². The van der Waals surface area contributed by atoms with Gasteiger partial charge in [-0.3, -0.25) is 0 Å². The minimum Gasteiger partial charge on any atom is -0.456 e. The Balaban J connectivity index is 0.000000150. The molecule has 4 heteroatoms. The van der Waals surface area contributed by atoms with E-state index in [0.717, 1.165) is 78.0 Å². The summed E-state index contributed by atoms with van der Waals surface area (Å²) in [6.07, 6.45) is 0. The van der Waals surface area contributed by atoms with Crippen molar-refractivity contribution in [3.05, 3.63) is 400 Å². The van der Waals surface area contributed by atoms with Gasteiger partial charge in [0.25, 0.3) is 0 Å². The van der Waals surface area contributed by atoms with Crippen molar-refractivity contribution in [2.75, 3.05) is 9.80 Å². The fourth-order valence-corrected chi connectivity index (χ4v) is 13.8. The second kappa shape index (κ2) is 27.1. The molecule has 0 radical (unpaired) electrons. The molecule has 0 aliphatic heterocycles. The molecule has 4 nitrogen and oxygen atoms in total. The maximum Gasteiger partial charge on any atom is 0.137 e. The van der Waals surface area contributed by atoms with E-state index in [2.05, 4.69) is 386 Å². The summed E-state index contributed by atoms with van der Waals surface area (Å²) < 4.78 is 12.7. The van der Waals surface area contributed by atoms with Crippen LogP contribution in [0.2, 0.25) is 0 Å². The lowest BCUT2D eigenvalue weighted by molar-refractivity contribution is 0.668. The lowest BCUT2D eigenvalue weighted by Crippen LogP contribution is -2.10. The Kier molecular flexibility index (Phi) is 16.4. The molecule has 0 amide bonds. The molecule has 18 rings (SSSR count). The van der Waals surface area contributed by atoms with E-state index < -0.39 is 0 Å². The summed E-state index contributed by atoms with van der Waals surface area (Å²) in [5, 5.41) is 4.50. The maximum absolute atomic E-state index is 6.33. The van der Waals surface area contributed by atoms with Crippen LogP contribution in [0.15, 0.2) is 409 Å². The number of hydrogen-bond acceptors (Lipinski definition) is 4. The minimum atomic E-state index is 0.873. The van der Waals surface area contributed by atoms with Crippen LogP contribution >= 0.6 is 0 Å². The van der Waals surface area contributed by atoms with Gasteiger partial charge in [-0.25, -0.2) is 0 Å². The van der Waals surface area contributed by atoms with Gasteiger partial charge in [0, 0.05) is 67.8 Å². The van der Waals surface area contributed by atoms with Gasteiger partial charge in [-0.05, 0) is 186 Å². The highest BCUT2D eigenvalue weighted by Gasteiger charge is 2.20. The van der Waals surface area contributed by atoms with Crippen LogP contribution in [0.25, 0.3) is 133 Å². The van der Waals surface area contributed by atoms with Gasteiger partial charge in [0.1, 0.15) is 22.3 Å². The fraction of sp³-hybridized carbons (Fsp3) is 0. The van der Waals surface area contributed by atoms with Gasteiger partial charge >= 0.3 is 0 Å². The number of anilines is 6. The van der Waals surface area contributed by atoms with Gasteiger partial charge in [0.05, 0.1) is 0 Å². The topological polar surface area (TPSA) is 32.8 Å². The Morgan fingerprint density at radius 3 is 0.690 bits per heavy atom. The number of furan rings is 2. The van der Waals surface area contributed by atoms with E-state index in [0.29, 0.717) is 0 Å². The van der Waals surface area contributed by atoms with E-state index in [1.54, 1.807) is 0 Å². The normalized spacial score (nSPS) is 11.2. The Hall–Kier alpha value is -13.3. The highest BCUT2D eigenvalue weighted by molar-refractivity contribution is 6.07. The van der Waals surface area contributed by atoms with Crippen molar-refractivity contribution in [3.63, 3.8) is 0 Å². The number of rotatable bonds is 14. The first kappa shape index (κ1) is 60.4. The standard InChI is InChI=1S/2C48H33NO/c1-3-11-34(12-4-1)39-15-9-16-40(31-39)38-23-21-36(22-24-38)37-25-27-42(28-26-37)49(43-18-10-17-41(32-43)35-13-5-2-6-14-35)44-29-30-46-45-19-7-8-20-47(45)50-48(46)33-44;1-3-11-34(12-4-1)36-21-23-37(24-22-36)39-15-9-16-40(31-39)38-25-27-42(28-26-38)49(43-18-10-17-41(32-43)35-13-5-2-6-14-35)44-29-30-46-45-19-7-8-20-47(45)50-48(46)33-44/h2*1-33H. The number of para-hydroxylation sites is 2. The molecule has 2 heterocycles. The van der Waals surface area contributed by atoms with Crippen LogP contribution in [0.4, 0.5) is 34.1 Å². The summed E-state index contributed by atoms with van der Waals surface area (Å²) in [6, 6.07) is 142. The molecule has 0 aliphatic carbocycles. The lowest BCUT2D eigenvalue weighted by atomic mass is 9.97. The smallest absolute Gasteiger partial charge is 0.137 e. The summed E-state index contributed by atoms with van der Waals surface area (Å²) in [5.74, 6) is 0. The first-order chi connectivity index (χ1) is 49.5. The molecule has 0 bridgehead atoms. The third kappa shape index (κ3) is 12.4. The molecule has 0 atom stereocenters.